The van der Waals surface area contributed by atoms with E-state index in [9.17, 15) is 0 Å². The second kappa shape index (κ2) is 5.87. The molecule has 0 radical (unpaired) electrons. The van der Waals surface area contributed by atoms with E-state index in [1.807, 2.05) is 19.3 Å². The van der Waals surface area contributed by atoms with E-state index in [-0.39, 0.29) is 0 Å². The van der Waals surface area contributed by atoms with E-state index in [0.29, 0.717) is 0 Å². The molecule has 3 rings (SSSR count). The zero-order valence-electron chi connectivity index (χ0n) is 11.7. The van der Waals surface area contributed by atoms with Crippen molar-refractivity contribution < 1.29 is 4.74 Å². The van der Waals surface area contributed by atoms with Crippen molar-refractivity contribution in [1.29, 1.82) is 0 Å². The lowest BCUT2D eigenvalue weighted by Gasteiger charge is -2.37. The van der Waals surface area contributed by atoms with Gasteiger partial charge >= 0.3 is 0 Å². The third kappa shape index (κ3) is 3.06. The van der Waals surface area contributed by atoms with Gasteiger partial charge in [0.05, 0.1) is 0 Å². The highest BCUT2D eigenvalue weighted by atomic mass is 16.5. The molecule has 19 heavy (non-hydrogen) atoms. The number of hydrogen-bond acceptors (Lipinski definition) is 4. The van der Waals surface area contributed by atoms with E-state index in [1.54, 1.807) is 0 Å². The lowest BCUT2D eigenvalue weighted by atomic mass is 9.80. The summed E-state index contributed by atoms with van der Waals surface area (Å²) in [4.78, 5) is 11.2. The van der Waals surface area contributed by atoms with Crippen LogP contribution in [-0.2, 0) is 4.74 Å². The van der Waals surface area contributed by atoms with Gasteiger partial charge in [-0.1, -0.05) is 0 Å². The third-order valence-electron chi connectivity index (χ3n) is 4.52. The number of anilines is 1. The molecule has 0 atom stereocenters. The van der Waals surface area contributed by atoms with E-state index in [4.69, 9.17) is 4.74 Å². The minimum Gasteiger partial charge on any atom is -0.381 e. The highest BCUT2D eigenvalue weighted by Gasteiger charge is 2.28. The molecule has 0 unspecified atom stereocenters. The molecule has 2 aliphatic heterocycles. The predicted molar refractivity (Wildman–Crippen MR) is 75.2 cm³/mol. The summed E-state index contributed by atoms with van der Waals surface area (Å²) < 4.78 is 5.46. The average Bonchev–Trinajstić information content (AvgIpc) is 2.49. The first-order chi connectivity index (χ1) is 9.33. The van der Waals surface area contributed by atoms with E-state index in [2.05, 4.69) is 14.9 Å². The summed E-state index contributed by atoms with van der Waals surface area (Å²) >= 11 is 0. The summed E-state index contributed by atoms with van der Waals surface area (Å²) in [5, 5.41) is 0. The average molecular weight is 261 g/mol. The summed E-state index contributed by atoms with van der Waals surface area (Å²) in [6.45, 7) is 6.16. The molecule has 0 saturated carbocycles. The number of piperidine rings is 1. The zero-order valence-corrected chi connectivity index (χ0v) is 11.7. The number of aryl methyl sites for hydroxylation is 1. The van der Waals surface area contributed by atoms with Gasteiger partial charge in [0.2, 0.25) is 5.95 Å². The molecular weight excluding hydrogens is 238 g/mol. The van der Waals surface area contributed by atoms with Crippen LogP contribution in [0.15, 0.2) is 12.4 Å². The van der Waals surface area contributed by atoms with Gasteiger partial charge in [-0.15, -0.1) is 0 Å². The van der Waals surface area contributed by atoms with Crippen LogP contribution in [-0.4, -0.2) is 36.3 Å². The topological polar surface area (TPSA) is 38.2 Å². The fraction of sp³-hybridized carbons (Fsp3) is 0.733. The number of rotatable bonds is 2. The van der Waals surface area contributed by atoms with E-state index < -0.39 is 0 Å². The fourth-order valence-electron chi connectivity index (χ4n) is 3.31. The van der Waals surface area contributed by atoms with Gasteiger partial charge in [-0.05, 0) is 50.0 Å². The molecule has 0 bridgehead atoms. The smallest absolute Gasteiger partial charge is 0.225 e. The van der Waals surface area contributed by atoms with Gasteiger partial charge in [0, 0.05) is 38.7 Å². The summed E-state index contributed by atoms with van der Waals surface area (Å²) in [7, 11) is 0. The monoisotopic (exact) mass is 261 g/mol. The first kappa shape index (κ1) is 12.9. The van der Waals surface area contributed by atoms with Crippen LogP contribution in [0, 0.1) is 18.8 Å². The molecular formula is C15H23N3O. The number of ether oxygens (including phenoxy) is 1. The van der Waals surface area contributed by atoms with Crippen LogP contribution in [0.5, 0.6) is 0 Å². The Morgan fingerprint density at radius 3 is 2.21 bits per heavy atom. The molecule has 0 aliphatic carbocycles. The van der Waals surface area contributed by atoms with E-state index >= 15 is 0 Å². The maximum absolute atomic E-state index is 5.46. The Morgan fingerprint density at radius 1 is 1.00 bits per heavy atom. The summed E-state index contributed by atoms with van der Waals surface area (Å²) in [6.07, 6.45) is 8.89. The van der Waals surface area contributed by atoms with Crippen LogP contribution in [0.4, 0.5) is 5.95 Å². The Balaban J connectivity index is 1.55. The number of aromatic nitrogens is 2. The first-order valence-corrected chi connectivity index (χ1v) is 7.44. The molecule has 0 amide bonds. The van der Waals surface area contributed by atoms with Crippen LogP contribution < -0.4 is 4.90 Å². The molecule has 104 valence electrons. The summed E-state index contributed by atoms with van der Waals surface area (Å²) in [6, 6.07) is 0. The van der Waals surface area contributed by atoms with Gasteiger partial charge in [0.25, 0.3) is 0 Å². The molecule has 2 fully saturated rings. The van der Waals surface area contributed by atoms with E-state index in [1.165, 1.54) is 25.7 Å². The summed E-state index contributed by atoms with van der Waals surface area (Å²) in [5.74, 6) is 2.66. The van der Waals surface area contributed by atoms with Crippen molar-refractivity contribution >= 4 is 5.95 Å². The van der Waals surface area contributed by atoms with Crippen LogP contribution in [0.3, 0.4) is 0 Å². The molecule has 0 N–H and O–H groups in total. The molecule has 4 heteroatoms. The molecule has 2 aliphatic rings. The third-order valence-corrected chi connectivity index (χ3v) is 4.52. The van der Waals surface area contributed by atoms with Crippen molar-refractivity contribution in [3.8, 4) is 0 Å². The normalized spacial score (nSPS) is 22.7. The molecule has 3 heterocycles. The van der Waals surface area contributed by atoms with Crippen LogP contribution in [0.2, 0.25) is 0 Å². The predicted octanol–water partition coefficient (Wildman–Crippen LogP) is 2.43. The highest BCUT2D eigenvalue weighted by Crippen LogP contribution is 2.32. The van der Waals surface area contributed by atoms with Gasteiger partial charge < -0.3 is 9.64 Å². The maximum Gasteiger partial charge on any atom is 0.225 e. The second-order valence-corrected chi connectivity index (χ2v) is 5.83. The maximum atomic E-state index is 5.46. The van der Waals surface area contributed by atoms with Gasteiger partial charge in [-0.25, -0.2) is 9.97 Å². The lowest BCUT2D eigenvalue weighted by molar-refractivity contribution is 0.0418. The van der Waals surface area contributed by atoms with Crippen molar-refractivity contribution in [2.75, 3.05) is 31.2 Å². The fourth-order valence-corrected chi connectivity index (χ4v) is 3.31. The Kier molecular flexibility index (Phi) is 3.97. The molecule has 1 aromatic heterocycles. The quantitative estimate of drug-likeness (QED) is 0.819. The van der Waals surface area contributed by atoms with E-state index in [0.717, 1.165) is 49.7 Å². The van der Waals surface area contributed by atoms with Gasteiger partial charge in [-0.3, -0.25) is 0 Å². The SMILES string of the molecule is Cc1cnc(N2CCC(C3CCOCC3)CC2)nc1. The molecule has 4 nitrogen and oxygen atoms in total. The highest BCUT2D eigenvalue weighted by molar-refractivity contribution is 5.30. The standard InChI is InChI=1S/C15H23N3O/c1-12-10-16-15(17-11-12)18-6-2-13(3-7-18)14-4-8-19-9-5-14/h10-11,13-14H,2-9H2,1H3. The first-order valence-electron chi connectivity index (χ1n) is 7.44. The lowest BCUT2D eigenvalue weighted by Crippen LogP contribution is -2.38. The molecule has 0 aromatic carbocycles. The minimum atomic E-state index is 0.880. The van der Waals surface area contributed by atoms with Gasteiger partial charge in [0.1, 0.15) is 0 Å². The molecule has 1 aromatic rings. The molecule has 2 saturated heterocycles. The van der Waals surface area contributed by atoms with Crippen LogP contribution in [0.25, 0.3) is 0 Å². The second-order valence-electron chi connectivity index (χ2n) is 5.83. The number of hydrogen-bond donors (Lipinski definition) is 0. The Hall–Kier alpha value is -1.16. The zero-order chi connectivity index (χ0) is 13.1. The van der Waals surface area contributed by atoms with Gasteiger partial charge in [-0.2, -0.15) is 0 Å². The van der Waals surface area contributed by atoms with Crippen molar-refractivity contribution in [3.63, 3.8) is 0 Å². The largest absolute Gasteiger partial charge is 0.381 e. The van der Waals surface area contributed by atoms with Crippen molar-refractivity contribution in [3.05, 3.63) is 18.0 Å². The Labute approximate surface area is 115 Å². The van der Waals surface area contributed by atoms with Crippen LogP contribution in [0.1, 0.15) is 31.2 Å². The van der Waals surface area contributed by atoms with Crippen molar-refractivity contribution in [2.24, 2.45) is 11.8 Å². The Morgan fingerprint density at radius 2 is 1.58 bits per heavy atom. The van der Waals surface area contributed by atoms with Crippen molar-refractivity contribution in [2.45, 2.75) is 32.6 Å². The molecule has 0 spiro atoms. The van der Waals surface area contributed by atoms with Crippen LogP contribution >= 0.6 is 0 Å². The van der Waals surface area contributed by atoms with Crippen molar-refractivity contribution in [1.82, 2.24) is 9.97 Å². The number of nitrogens with zero attached hydrogens (tertiary/aromatic N) is 3. The summed E-state index contributed by atoms with van der Waals surface area (Å²) in [5.41, 5.74) is 1.13. The van der Waals surface area contributed by atoms with Gasteiger partial charge in [0.15, 0.2) is 0 Å². The minimum absolute atomic E-state index is 0.880. The Bertz CT molecular complexity index is 392.